The van der Waals surface area contributed by atoms with Crippen molar-refractivity contribution in [1.29, 1.82) is 0 Å². The zero-order chi connectivity index (χ0) is 15.2. The van der Waals surface area contributed by atoms with Gasteiger partial charge in [0.15, 0.2) is 5.82 Å². The molecule has 21 heavy (non-hydrogen) atoms. The molecule has 0 aromatic carbocycles. The largest absolute Gasteiger partial charge is 0.366 e. The first kappa shape index (κ1) is 15.8. The predicted octanol–water partition coefficient (Wildman–Crippen LogP) is 4.62. The molecule has 0 amide bonds. The van der Waals surface area contributed by atoms with Gasteiger partial charge in [0, 0.05) is 18.4 Å². The highest BCUT2D eigenvalue weighted by atomic mass is 15.2. The van der Waals surface area contributed by atoms with E-state index in [9.17, 15) is 0 Å². The van der Waals surface area contributed by atoms with Crippen LogP contribution in [-0.2, 0) is 0 Å². The van der Waals surface area contributed by atoms with Crippen molar-refractivity contribution in [3.8, 4) is 0 Å². The van der Waals surface area contributed by atoms with E-state index < -0.39 is 0 Å². The molecule has 0 aliphatic heterocycles. The summed E-state index contributed by atoms with van der Waals surface area (Å²) in [6.45, 7) is 8.82. The molecule has 0 saturated heterocycles. The van der Waals surface area contributed by atoms with Crippen LogP contribution in [0.3, 0.4) is 0 Å². The summed E-state index contributed by atoms with van der Waals surface area (Å²) in [6, 6.07) is 2.66. The molecule has 116 valence electrons. The Hall–Kier alpha value is -1.58. The summed E-state index contributed by atoms with van der Waals surface area (Å²) in [6.07, 6.45) is 9.84. The molecule has 0 fully saturated rings. The number of hydrogen-bond acceptors (Lipinski definition) is 3. The Labute approximate surface area is 128 Å². The maximum Gasteiger partial charge on any atom is 0.152 e. The summed E-state index contributed by atoms with van der Waals surface area (Å²) in [5.74, 6) is 1.40. The lowest BCUT2D eigenvalue weighted by molar-refractivity contribution is 0.563. The summed E-state index contributed by atoms with van der Waals surface area (Å²) in [5.41, 5.74) is 2.20. The average molecular weight is 288 g/mol. The minimum Gasteiger partial charge on any atom is -0.366 e. The van der Waals surface area contributed by atoms with Crippen molar-refractivity contribution < 1.29 is 0 Å². The third-order valence-electron chi connectivity index (χ3n) is 3.88. The van der Waals surface area contributed by atoms with Crippen molar-refractivity contribution in [2.75, 3.05) is 5.32 Å². The van der Waals surface area contributed by atoms with E-state index in [1.165, 1.54) is 32.1 Å². The van der Waals surface area contributed by atoms with E-state index in [4.69, 9.17) is 0 Å². The van der Waals surface area contributed by atoms with Crippen molar-refractivity contribution >= 4 is 11.3 Å². The molecule has 2 rings (SSSR count). The Balaban J connectivity index is 2.23. The van der Waals surface area contributed by atoms with Crippen LogP contribution >= 0.6 is 0 Å². The van der Waals surface area contributed by atoms with E-state index in [0.29, 0.717) is 12.0 Å². The quantitative estimate of drug-likeness (QED) is 0.770. The number of nitrogens with one attached hydrogen (secondary N) is 1. The van der Waals surface area contributed by atoms with Gasteiger partial charge >= 0.3 is 0 Å². The van der Waals surface area contributed by atoms with Crippen molar-refractivity contribution in [1.82, 2.24) is 14.6 Å². The third kappa shape index (κ3) is 3.96. The van der Waals surface area contributed by atoms with E-state index in [-0.39, 0.29) is 0 Å². The second kappa shape index (κ2) is 7.43. The van der Waals surface area contributed by atoms with Crippen LogP contribution in [0.25, 0.3) is 5.52 Å². The number of rotatable bonds is 8. The molecule has 2 aromatic rings. The molecular formula is C17H28N4. The minimum atomic E-state index is 0.435. The smallest absolute Gasteiger partial charge is 0.152 e. The van der Waals surface area contributed by atoms with Gasteiger partial charge in [0.25, 0.3) is 0 Å². The normalized spacial score (nSPS) is 13.0. The second-order valence-corrected chi connectivity index (χ2v) is 6.10. The van der Waals surface area contributed by atoms with Crippen LogP contribution in [-0.4, -0.2) is 20.6 Å². The fraction of sp³-hybridized carbons (Fsp3) is 0.647. The Kier molecular flexibility index (Phi) is 5.59. The van der Waals surface area contributed by atoms with Gasteiger partial charge in [-0.05, 0) is 24.8 Å². The first-order valence-electron chi connectivity index (χ1n) is 8.26. The molecule has 1 unspecified atom stereocenters. The molecule has 0 bridgehead atoms. The maximum atomic E-state index is 4.62. The Morgan fingerprint density at radius 3 is 2.67 bits per heavy atom. The SMILES string of the molecule is CCCCC(CCC)Nc1nccn2nc(C(C)C)cc12. The molecule has 0 saturated carbocycles. The lowest BCUT2D eigenvalue weighted by Gasteiger charge is -2.18. The first-order chi connectivity index (χ1) is 10.2. The number of anilines is 1. The van der Waals surface area contributed by atoms with E-state index >= 15 is 0 Å². The molecule has 0 radical (unpaired) electrons. The number of hydrogen-bond donors (Lipinski definition) is 1. The molecule has 4 heteroatoms. The molecule has 0 aliphatic rings. The highest BCUT2D eigenvalue weighted by molar-refractivity contribution is 5.68. The molecule has 4 nitrogen and oxygen atoms in total. The van der Waals surface area contributed by atoms with Crippen molar-refractivity contribution in [2.24, 2.45) is 0 Å². The van der Waals surface area contributed by atoms with Crippen LogP contribution in [0.4, 0.5) is 5.82 Å². The van der Waals surface area contributed by atoms with Crippen LogP contribution < -0.4 is 5.32 Å². The van der Waals surface area contributed by atoms with Gasteiger partial charge in [0.2, 0.25) is 0 Å². The molecule has 2 aromatic heterocycles. The minimum absolute atomic E-state index is 0.435. The number of fused-ring (bicyclic) bond motifs is 1. The van der Waals surface area contributed by atoms with E-state index in [2.05, 4.69) is 49.2 Å². The Morgan fingerprint density at radius 2 is 2.00 bits per heavy atom. The standard InChI is InChI=1S/C17H28N4/c1-5-7-9-14(8-6-2)19-17-16-12-15(13(3)4)20-21(16)11-10-18-17/h10-14H,5-9H2,1-4H3,(H,18,19). The zero-order valence-electron chi connectivity index (χ0n) is 13.8. The van der Waals surface area contributed by atoms with Gasteiger partial charge in [-0.2, -0.15) is 5.10 Å². The maximum absolute atomic E-state index is 4.62. The zero-order valence-corrected chi connectivity index (χ0v) is 13.8. The highest BCUT2D eigenvalue weighted by Crippen LogP contribution is 2.22. The molecule has 1 atom stereocenters. The molecule has 2 heterocycles. The van der Waals surface area contributed by atoms with Gasteiger partial charge in [-0.25, -0.2) is 9.50 Å². The Morgan fingerprint density at radius 1 is 1.19 bits per heavy atom. The monoisotopic (exact) mass is 288 g/mol. The Bertz CT molecular complexity index is 559. The van der Waals surface area contributed by atoms with Crippen molar-refractivity contribution in [3.05, 3.63) is 24.2 Å². The van der Waals surface area contributed by atoms with E-state index in [0.717, 1.165) is 17.0 Å². The van der Waals surface area contributed by atoms with Crippen molar-refractivity contribution in [3.63, 3.8) is 0 Å². The van der Waals surface area contributed by atoms with Crippen molar-refractivity contribution in [2.45, 2.75) is 71.8 Å². The summed E-state index contributed by atoms with van der Waals surface area (Å²) in [4.78, 5) is 4.54. The van der Waals surface area contributed by atoms with Crippen LogP contribution in [0.1, 0.15) is 71.4 Å². The molecule has 1 N–H and O–H groups in total. The number of unbranched alkanes of at least 4 members (excludes halogenated alkanes) is 1. The predicted molar refractivity (Wildman–Crippen MR) is 88.9 cm³/mol. The number of aromatic nitrogens is 3. The van der Waals surface area contributed by atoms with Crippen LogP contribution in [0.2, 0.25) is 0 Å². The lowest BCUT2D eigenvalue weighted by Crippen LogP contribution is -2.20. The summed E-state index contributed by atoms with van der Waals surface area (Å²) < 4.78 is 1.94. The lowest BCUT2D eigenvalue weighted by atomic mass is 10.1. The van der Waals surface area contributed by atoms with E-state index in [1.54, 1.807) is 0 Å². The second-order valence-electron chi connectivity index (χ2n) is 6.10. The van der Waals surface area contributed by atoms with Gasteiger partial charge in [0.1, 0.15) is 5.52 Å². The summed E-state index contributed by atoms with van der Waals surface area (Å²) in [5, 5.41) is 8.26. The van der Waals surface area contributed by atoms with Crippen LogP contribution in [0.5, 0.6) is 0 Å². The topological polar surface area (TPSA) is 42.2 Å². The summed E-state index contributed by atoms with van der Waals surface area (Å²) >= 11 is 0. The third-order valence-corrected chi connectivity index (χ3v) is 3.88. The van der Waals surface area contributed by atoms with Gasteiger partial charge in [-0.1, -0.05) is 47.0 Å². The molecule has 0 spiro atoms. The first-order valence-corrected chi connectivity index (χ1v) is 8.26. The van der Waals surface area contributed by atoms with Gasteiger partial charge in [0.05, 0.1) is 5.69 Å². The van der Waals surface area contributed by atoms with Gasteiger partial charge in [-0.3, -0.25) is 0 Å². The number of nitrogens with zero attached hydrogens (tertiary/aromatic N) is 3. The van der Waals surface area contributed by atoms with E-state index in [1.807, 2.05) is 16.9 Å². The average Bonchev–Trinajstić information content (AvgIpc) is 2.90. The van der Waals surface area contributed by atoms with Gasteiger partial charge in [-0.15, -0.1) is 0 Å². The fourth-order valence-electron chi connectivity index (χ4n) is 2.62. The fourth-order valence-corrected chi connectivity index (χ4v) is 2.62. The van der Waals surface area contributed by atoms with Gasteiger partial charge < -0.3 is 5.32 Å². The molecular weight excluding hydrogens is 260 g/mol. The molecule has 0 aliphatic carbocycles. The summed E-state index contributed by atoms with van der Waals surface area (Å²) in [7, 11) is 0. The van der Waals surface area contributed by atoms with Crippen LogP contribution in [0, 0.1) is 0 Å². The highest BCUT2D eigenvalue weighted by Gasteiger charge is 2.13. The van der Waals surface area contributed by atoms with Crippen LogP contribution in [0.15, 0.2) is 18.5 Å².